The number of anilines is 1. The van der Waals surface area contributed by atoms with Crippen LogP contribution in [0.3, 0.4) is 0 Å². The van der Waals surface area contributed by atoms with E-state index >= 15 is 4.39 Å². The Labute approximate surface area is 188 Å². The fraction of sp³-hybridized carbons (Fsp3) is 0.240. The van der Waals surface area contributed by atoms with E-state index in [0.29, 0.717) is 22.5 Å². The minimum Gasteiger partial charge on any atom is -0.508 e. The Morgan fingerprint density at radius 2 is 2.03 bits per heavy atom. The van der Waals surface area contributed by atoms with Crippen LogP contribution in [0.5, 0.6) is 11.8 Å². The van der Waals surface area contributed by atoms with Gasteiger partial charge in [-0.15, -0.1) is 6.42 Å². The first-order valence-corrected chi connectivity index (χ1v) is 10.4. The summed E-state index contributed by atoms with van der Waals surface area (Å²) in [6.45, 7) is 0.778. The van der Waals surface area contributed by atoms with Crippen molar-refractivity contribution >= 4 is 27.5 Å². The summed E-state index contributed by atoms with van der Waals surface area (Å²) in [5, 5.41) is 11.4. The second-order valence-electron chi connectivity index (χ2n) is 8.20. The lowest BCUT2D eigenvalue weighted by molar-refractivity contribution is 0.381. The van der Waals surface area contributed by atoms with Gasteiger partial charge in [-0.1, -0.05) is 12.0 Å². The highest BCUT2D eigenvalue weighted by molar-refractivity contribution is 6.03. The summed E-state index contributed by atoms with van der Waals surface area (Å²) >= 11 is 0. The molecule has 6 nitrogen and oxygen atoms in total. The van der Waals surface area contributed by atoms with E-state index in [1.807, 2.05) is 11.9 Å². The van der Waals surface area contributed by atoms with E-state index in [-0.39, 0.29) is 39.5 Å². The molecule has 2 aromatic carbocycles. The smallest absolute Gasteiger partial charge is 0.318 e. The summed E-state index contributed by atoms with van der Waals surface area (Å²) in [4.78, 5) is 14.9. The van der Waals surface area contributed by atoms with Gasteiger partial charge in [0.25, 0.3) is 0 Å². The molecule has 166 valence electrons. The molecule has 0 spiro atoms. The normalized spacial score (nSPS) is 13.3. The zero-order chi connectivity index (χ0) is 23.3. The molecule has 0 saturated heterocycles. The molecule has 1 aliphatic carbocycles. The number of benzene rings is 2. The number of methoxy groups -OCH3 is 1. The number of hydrogen-bond acceptors (Lipinski definition) is 6. The number of fused-ring (bicyclic) bond motifs is 2. The Kier molecular flexibility index (Phi) is 4.97. The zero-order valence-electron chi connectivity index (χ0n) is 18.1. The number of halogens is 2. The van der Waals surface area contributed by atoms with Crippen molar-refractivity contribution in [3.05, 3.63) is 47.7 Å². The van der Waals surface area contributed by atoms with E-state index in [1.54, 1.807) is 0 Å². The lowest BCUT2D eigenvalue weighted by Gasteiger charge is -2.20. The third-order valence-corrected chi connectivity index (χ3v) is 5.87. The Morgan fingerprint density at radius 1 is 1.24 bits per heavy atom. The van der Waals surface area contributed by atoms with Crippen LogP contribution < -0.4 is 9.64 Å². The van der Waals surface area contributed by atoms with Gasteiger partial charge < -0.3 is 14.7 Å². The van der Waals surface area contributed by atoms with Crippen LogP contribution in [0.25, 0.3) is 32.9 Å². The summed E-state index contributed by atoms with van der Waals surface area (Å²) in [5.41, 5.74) is 0.0398. The van der Waals surface area contributed by atoms with Gasteiger partial charge in [0.15, 0.2) is 5.82 Å². The molecule has 2 heterocycles. The number of rotatable bonds is 5. The molecule has 0 radical (unpaired) electrons. The predicted octanol–water partition coefficient (Wildman–Crippen LogP) is 4.66. The molecule has 1 aliphatic rings. The molecule has 5 rings (SSSR count). The van der Waals surface area contributed by atoms with Crippen LogP contribution in [0.15, 0.2) is 30.5 Å². The fourth-order valence-electron chi connectivity index (χ4n) is 4.12. The first-order valence-electron chi connectivity index (χ1n) is 10.4. The van der Waals surface area contributed by atoms with Gasteiger partial charge in [-0.05, 0) is 42.3 Å². The maximum atomic E-state index is 15.9. The molecule has 0 bridgehead atoms. The Bertz CT molecular complexity index is 1460. The first kappa shape index (κ1) is 20.9. The average molecular weight is 446 g/mol. The van der Waals surface area contributed by atoms with Crippen LogP contribution in [0, 0.1) is 29.9 Å². The van der Waals surface area contributed by atoms with Crippen LogP contribution in [0.2, 0.25) is 0 Å². The lowest BCUT2D eigenvalue weighted by atomic mass is 9.96. The number of phenols is 1. The second kappa shape index (κ2) is 7.85. The average Bonchev–Trinajstić information content (AvgIpc) is 3.62. The van der Waals surface area contributed by atoms with Crippen LogP contribution >= 0.6 is 0 Å². The van der Waals surface area contributed by atoms with E-state index in [2.05, 4.69) is 20.9 Å². The van der Waals surface area contributed by atoms with E-state index in [9.17, 15) is 9.50 Å². The summed E-state index contributed by atoms with van der Waals surface area (Å²) in [6, 6.07) is 5.47. The van der Waals surface area contributed by atoms with E-state index in [4.69, 9.17) is 11.2 Å². The Hall–Kier alpha value is -3.99. The summed E-state index contributed by atoms with van der Waals surface area (Å²) in [6.07, 6.45) is 9.34. The molecule has 1 fully saturated rings. The van der Waals surface area contributed by atoms with Gasteiger partial charge in [0.2, 0.25) is 0 Å². The van der Waals surface area contributed by atoms with Crippen LogP contribution in [0.4, 0.5) is 14.6 Å². The quantitative estimate of drug-likeness (QED) is 0.450. The zero-order valence-corrected chi connectivity index (χ0v) is 18.1. The molecular weight excluding hydrogens is 426 g/mol. The maximum absolute atomic E-state index is 15.9. The van der Waals surface area contributed by atoms with Gasteiger partial charge in [0, 0.05) is 30.7 Å². The number of aromatic hydroxyl groups is 1. The molecule has 8 heteroatoms. The standard InChI is InChI=1S/C25H20F2N4O2/c1-4-16-19(26)8-7-14-9-15(32)10-17(20(14)16)22-21(27)23-18(11-28-22)24(30-25(29-23)33-3)31(2)12-13-5-6-13/h1,7-11,13,32H,5-6,12H2,2-3H3. The molecule has 1 N–H and O–H groups in total. The van der Waals surface area contributed by atoms with E-state index < -0.39 is 11.6 Å². The number of pyridine rings is 1. The maximum Gasteiger partial charge on any atom is 0.318 e. The highest BCUT2D eigenvalue weighted by Crippen LogP contribution is 2.39. The van der Waals surface area contributed by atoms with Gasteiger partial charge >= 0.3 is 6.01 Å². The van der Waals surface area contributed by atoms with Gasteiger partial charge in [0.05, 0.1) is 18.1 Å². The minimum atomic E-state index is -0.742. The van der Waals surface area contributed by atoms with E-state index in [0.717, 1.165) is 19.4 Å². The molecule has 4 aromatic rings. The van der Waals surface area contributed by atoms with Crippen LogP contribution in [-0.4, -0.2) is 40.8 Å². The first-order chi connectivity index (χ1) is 15.9. The molecule has 0 aliphatic heterocycles. The highest BCUT2D eigenvalue weighted by atomic mass is 19.1. The van der Waals surface area contributed by atoms with Gasteiger partial charge in [0.1, 0.15) is 28.6 Å². The monoisotopic (exact) mass is 446 g/mol. The van der Waals surface area contributed by atoms with Crippen molar-refractivity contribution in [3.63, 3.8) is 0 Å². The van der Waals surface area contributed by atoms with Crippen molar-refractivity contribution < 1.29 is 18.6 Å². The summed E-state index contributed by atoms with van der Waals surface area (Å²) in [5.74, 6) is 1.94. The molecule has 33 heavy (non-hydrogen) atoms. The SMILES string of the molecule is C#Cc1c(F)ccc2cc(O)cc(-c3ncc4c(N(C)CC5CC5)nc(OC)nc4c3F)c12. The molecule has 0 amide bonds. The molecule has 0 atom stereocenters. The number of hydrogen-bond donors (Lipinski definition) is 1. The number of terminal acetylenes is 1. The Morgan fingerprint density at radius 3 is 2.73 bits per heavy atom. The van der Waals surface area contributed by atoms with Gasteiger partial charge in [-0.3, -0.25) is 4.98 Å². The number of ether oxygens (including phenoxy) is 1. The third kappa shape index (κ3) is 3.55. The molecular formula is C25H20F2N4O2. The molecule has 1 saturated carbocycles. The highest BCUT2D eigenvalue weighted by Gasteiger charge is 2.26. The summed E-state index contributed by atoms with van der Waals surface area (Å²) < 4.78 is 35.6. The van der Waals surface area contributed by atoms with Crippen molar-refractivity contribution in [3.8, 4) is 35.4 Å². The van der Waals surface area contributed by atoms with Crippen LogP contribution in [0.1, 0.15) is 18.4 Å². The van der Waals surface area contributed by atoms with Crippen molar-refractivity contribution in [2.45, 2.75) is 12.8 Å². The predicted molar refractivity (Wildman–Crippen MR) is 122 cm³/mol. The fourth-order valence-corrected chi connectivity index (χ4v) is 4.12. The number of aromatic nitrogens is 3. The largest absolute Gasteiger partial charge is 0.508 e. The summed E-state index contributed by atoms with van der Waals surface area (Å²) in [7, 11) is 3.30. The van der Waals surface area contributed by atoms with Gasteiger partial charge in [-0.2, -0.15) is 9.97 Å². The minimum absolute atomic E-state index is 0.0136. The van der Waals surface area contributed by atoms with Crippen molar-refractivity contribution in [2.75, 3.05) is 25.6 Å². The van der Waals surface area contributed by atoms with Crippen molar-refractivity contribution in [1.82, 2.24) is 15.0 Å². The molecule has 0 unspecified atom stereocenters. The van der Waals surface area contributed by atoms with Crippen LogP contribution in [-0.2, 0) is 0 Å². The topological polar surface area (TPSA) is 71.4 Å². The number of phenolic OH excluding ortho intramolecular Hbond substituents is 1. The molecule has 2 aromatic heterocycles. The Balaban J connectivity index is 1.79. The third-order valence-electron chi connectivity index (χ3n) is 5.87. The van der Waals surface area contributed by atoms with E-state index in [1.165, 1.54) is 37.6 Å². The van der Waals surface area contributed by atoms with Crippen molar-refractivity contribution in [2.24, 2.45) is 5.92 Å². The lowest BCUT2D eigenvalue weighted by Crippen LogP contribution is -2.22. The number of nitrogens with zero attached hydrogens (tertiary/aromatic N) is 4. The van der Waals surface area contributed by atoms with Gasteiger partial charge in [-0.25, -0.2) is 8.78 Å². The van der Waals surface area contributed by atoms with Crippen molar-refractivity contribution in [1.29, 1.82) is 0 Å². The second-order valence-corrected chi connectivity index (χ2v) is 8.20.